The van der Waals surface area contributed by atoms with Gasteiger partial charge in [-0.15, -0.1) is 0 Å². The Morgan fingerprint density at radius 1 is 0.248 bits per heavy atom. The van der Waals surface area contributed by atoms with Gasteiger partial charge in [0.1, 0.15) is 69.5 Å². The Hall–Kier alpha value is -14.4. The highest BCUT2D eigenvalue weighted by Gasteiger charge is 2.55. The molecule has 0 aliphatic heterocycles. The van der Waals surface area contributed by atoms with Crippen LogP contribution in [0.4, 0.5) is 69.2 Å². The van der Waals surface area contributed by atoms with Crippen LogP contribution < -0.4 is 19.3 Å². The van der Waals surface area contributed by atoms with Crippen LogP contribution >= 0.6 is 0 Å². The van der Waals surface area contributed by atoms with Gasteiger partial charge in [-0.3, -0.25) is 0 Å². The minimum atomic E-state index is -1.79. The number of nitrogens with zero attached hydrogens (tertiary/aromatic N) is 2. The Bertz CT molecular complexity index is 6380. The van der Waals surface area contributed by atoms with E-state index in [1.807, 2.05) is 192 Å². The number of anilines is 6. The Labute approximate surface area is 670 Å². The second-order valence-corrected chi connectivity index (χ2v) is 30.2. The smallest absolute Gasteiger partial charge is 0.133 e. The molecule has 16 aromatic carbocycles. The fraction of sp³-hybridized carbons (Fsp3) is 0.0476. The summed E-state index contributed by atoms with van der Waals surface area (Å²) in [7, 11) is 0. The van der Waals surface area contributed by atoms with Crippen molar-refractivity contribution in [2.75, 3.05) is 9.80 Å². The molecule has 0 bridgehead atoms. The molecule has 2 unspecified atom stereocenters. The van der Waals surface area contributed by atoms with Crippen molar-refractivity contribution in [3.05, 3.63) is 476 Å². The van der Waals surface area contributed by atoms with Crippen LogP contribution in [-0.2, 0) is 16.2 Å². The minimum absolute atomic E-state index is 0.398. The summed E-state index contributed by atoms with van der Waals surface area (Å²) in [5.41, 5.74) is 13.0. The lowest BCUT2D eigenvalue weighted by Gasteiger charge is -2.36. The van der Waals surface area contributed by atoms with Gasteiger partial charge in [-0.05, 0) is 258 Å². The summed E-state index contributed by atoms with van der Waals surface area (Å²) in [5.74, 6) is -5.58. The highest BCUT2D eigenvalue weighted by atomic mass is 19.2. The number of hydrogen-bond donors (Lipinski definition) is 0. The van der Waals surface area contributed by atoms with Crippen molar-refractivity contribution in [2.24, 2.45) is 0 Å². The second-order valence-electron chi connectivity index (χ2n) is 30.2. The summed E-state index contributed by atoms with van der Waals surface area (Å²) in [5, 5.41) is 0. The van der Waals surface area contributed by atoms with Crippen LogP contribution in [0.2, 0.25) is 0 Å². The van der Waals surface area contributed by atoms with E-state index in [4.69, 9.17) is 9.47 Å². The average Bonchev–Trinajstić information content (AvgIpc) is 1.51. The molecule has 564 valence electrons. The Kier molecular flexibility index (Phi) is 16.8. The van der Waals surface area contributed by atoms with Gasteiger partial charge < -0.3 is 19.3 Å². The van der Waals surface area contributed by atoms with Gasteiger partial charge in [0.2, 0.25) is 0 Å². The number of ether oxygens (including phenoxy) is 2. The van der Waals surface area contributed by atoms with Gasteiger partial charge in [0.25, 0.3) is 0 Å². The highest BCUT2D eigenvalue weighted by Crippen LogP contribution is 2.66. The Balaban J connectivity index is 0.784. The zero-order valence-electron chi connectivity index (χ0n) is 63.0. The van der Waals surface area contributed by atoms with Crippen LogP contribution in [0, 0.1) is 60.4 Å². The molecule has 117 heavy (non-hydrogen) atoms. The van der Waals surface area contributed by atoms with Gasteiger partial charge in [0.05, 0.1) is 16.2 Å². The predicted octanol–water partition coefficient (Wildman–Crippen LogP) is 28.3. The van der Waals surface area contributed by atoms with Crippen LogP contribution in [0.15, 0.2) is 341 Å². The lowest BCUT2D eigenvalue weighted by molar-refractivity contribution is 0.481. The minimum Gasteiger partial charge on any atom is -0.457 e. The molecule has 0 aromatic heterocycles. The van der Waals surface area contributed by atoms with Crippen molar-refractivity contribution in [2.45, 2.75) is 30.1 Å². The molecule has 20 rings (SSSR count). The average molecular weight is 1540 g/mol. The van der Waals surface area contributed by atoms with E-state index in [0.717, 1.165) is 55.6 Å². The Morgan fingerprint density at radius 3 is 0.786 bits per heavy atom. The van der Waals surface area contributed by atoms with Crippen molar-refractivity contribution in [3.8, 4) is 67.5 Å². The number of hydrogen-bond acceptors (Lipinski definition) is 4. The molecule has 4 aliphatic carbocycles. The quantitative estimate of drug-likeness (QED) is 0.0900. The van der Waals surface area contributed by atoms with Crippen LogP contribution in [0.25, 0.3) is 56.7 Å². The molecule has 4 aliphatic rings. The number of aryl methyl sites for hydroxylation is 2. The predicted molar refractivity (Wildman–Crippen MR) is 449 cm³/mol. The molecule has 2 atom stereocenters. The molecule has 1 spiro atoms. The van der Waals surface area contributed by atoms with E-state index in [2.05, 4.69) is 61.7 Å². The summed E-state index contributed by atoms with van der Waals surface area (Å²) < 4.78 is 148. The van der Waals surface area contributed by atoms with Gasteiger partial charge in [-0.2, -0.15) is 0 Å². The van der Waals surface area contributed by atoms with Gasteiger partial charge in [0.15, 0.2) is 0 Å². The molecule has 4 nitrogen and oxygen atoms in total. The first-order valence-electron chi connectivity index (χ1n) is 38.4. The van der Waals surface area contributed by atoms with Crippen LogP contribution in [-0.4, -0.2) is 0 Å². The molecule has 12 heteroatoms. The van der Waals surface area contributed by atoms with E-state index in [0.29, 0.717) is 148 Å². The van der Waals surface area contributed by atoms with Crippen LogP contribution in [0.1, 0.15) is 89.0 Å². The third kappa shape index (κ3) is 10.9. The molecule has 0 saturated heterocycles. The van der Waals surface area contributed by atoms with Crippen molar-refractivity contribution < 1.29 is 44.6 Å². The number of halogens is 8. The molecule has 0 radical (unpaired) electrons. The summed E-state index contributed by atoms with van der Waals surface area (Å²) >= 11 is 0. The zero-order chi connectivity index (χ0) is 79.9. The van der Waals surface area contributed by atoms with Crippen molar-refractivity contribution in [3.63, 3.8) is 0 Å². The Morgan fingerprint density at radius 2 is 0.496 bits per heavy atom. The first-order chi connectivity index (χ1) is 57.0. The molecule has 16 aromatic rings. The van der Waals surface area contributed by atoms with E-state index in [9.17, 15) is 0 Å². The normalized spacial score (nSPS) is 15.9. The van der Waals surface area contributed by atoms with Gasteiger partial charge >= 0.3 is 0 Å². The molecule has 0 saturated carbocycles. The molecular formula is C105H66F8N2O2. The van der Waals surface area contributed by atoms with Gasteiger partial charge in [0, 0.05) is 69.5 Å². The first kappa shape index (κ1) is 71.7. The highest BCUT2D eigenvalue weighted by molar-refractivity contribution is 5.99. The molecular weight excluding hydrogens is 1470 g/mol. The standard InChI is InChI=1S/C105H66F8N2O2/c1-5-63-25-39-75(40-26-63)116-77-43-29-65(30-44-77)103(101-97(110)51-67(106)52-98(101)111)87-19-11-7-15-79(87)83-47-35-69(55-91(83)103)114(73-33-23-61(3)95(108)59-73)71-37-49-85-81-17-9-13-21-89(81)105(93(85)57-71)90-22-14-10-18-82(90)86-50-38-72(58-94(86)105)115(74-34-24-62(4)96(109)60-74)70-36-48-84-80-16-8-12-20-88(80)104(92(84)56-70,102-99(112)53-68(107)54-100(102)113)66-31-45-78(46-32-66)117-76-41-27-64(6-2)28-42-76/h5-60H,1-2H2,3-4H3. The SMILES string of the molecule is C=Cc1ccc(Oc2ccc(C3(c4c(F)cc(F)cc4F)c4ccccc4-c4ccc(N(c5ccc(C)c(F)c5)c5ccc6c(c5)C5(c7ccccc7-6)c6ccccc6-c6ccc(N(c7ccc(C)c(F)c7)c7ccc8c(c7)C(c7ccc(Oc9ccc(C=C)cc9)cc7)(c7c(F)cc(F)cc7F)c7ccccc7-8)cc65)cc43)cc2)cc1. The van der Waals surface area contributed by atoms with Crippen molar-refractivity contribution in [1.82, 2.24) is 0 Å². The molecule has 0 heterocycles. The first-order valence-corrected chi connectivity index (χ1v) is 38.4. The number of fused-ring (bicyclic) bond motifs is 16. The van der Waals surface area contributed by atoms with E-state index < -0.39 is 73.9 Å². The van der Waals surface area contributed by atoms with Gasteiger partial charge in [-0.1, -0.05) is 207 Å². The van der Waals surface area contributed by atoms with E-state index in [1.54, 1.807) is 86.7 Å². The monoisotopic (exact) mass is 1540 g/mol. The van der Waals surface area contributed by atoms with Crippen molar-refractivity contribution >= 4 is 46.3 Å². The molecule has 0 fully saturated rings. The number of benzene rings is 16. The summed E-state index contributed by atoms with van der Waals surface area (Å²) in [6.07, 6.45) is 3.46. The summed E-state index contributed by atoms with van der Waals surface area (Å²) in [4.78, 5) is 3.90. The number of rotatable bonds is 16. The lowest BCUT2D eigenvalue weighted by Crippen LogP contribution is -2.31. The van der Waals surface area contributed by atoms with E-state index >= 15 is 35.1 Å². The zero-order valence-corrected chi connectivity index (χ0v) is 63.0. The largest absolute Gasteiger partial charge is 0.457 e. The third-order valence-corrected chi connectivity index (χ3v) is 24.0. The van der Waals surface area contributed by atoms with Crippen LogP contribution in [0.5, 0.6) is 23.0 Å². The van der Waals surface area contributed by atoms with Crippen LogP contribution in [0.3, 0.4) is 0 Å². The maximum atomic E-state index is 17.6. The van der Waals surface area contributed by atoms with E-state index in [-0.39, 0.29) is 0 Å². The van der Waals surface area contributed by atoms with E-state index in [1.165, 1.54) is 12.1 Å². The third-order valence-electron chi connectivity index (χ3n) is 24.0. The fourth-order valence-corrected chi connectivity index (χ4v) is 19.0. The molecule has 0 amide bonds. The van der Waals surface area contributed by atoms with Crippen molar-refractivity contribution in [1.29, 1.82) is 0 Å². The fourth-order valence-electron chi connectivity index (χ4n) is 19.0. The summed E-state index contributed by atoms with van der Waals surface area (Å²) in [6.45, 7) is 11.1. The maximum Gasteiger partial charge on any atom is 0.133 e. The lowest BCUT2D eigenvalue weighted by atomic mass is 9.67. The maximum absolute atomic E-state index is 17.6. The topological polar surface area (TPSA) is 24.9 Å². The molecule has 0 N–H and O–H groups in total. The second kappa shape index (κ2) is 27.5. The van der Waals surface area contributed by atoms with Gasteiger partial charge in [-0.25, -0.2) is 35.1 Å². The summed E-state index contributed by atoms with van der Waals surface area (Å²) in [6, 6.07) is 97.1.